The number of aryl methyl sites for hydroxylation is 2. The van der Waals surface area contributed by atoms with E-state index in [4.69, 9.17) is 10.3 Å². The average molecular weight is 265 g/mol. The molecule has 0 spiro atoms. The third-order valence-electron chi connectivity index (χ3n) is 4.15. The summed E-state index contributed by atoms with van der Waals surface area (Å²) in [6.07, 6.45) is 3.94. The van der Waals surface area contributed by atoms with Crippen LogP contribution in [0.3, 0.4) is 0 Å². The summed E-state index contributed by atoms with van der Waals surface area (Å²) < 4.78 is 5.11. The van der Waals surface area contributed by atoms with Crippen LogP contribution in [-0.2, 0) is 11.2 Å². The molecular weight excluding hydrogens is 242 g/mol. The second-order valence-electron chi connectivity index (χ2n) is 5.38. The van der Waals surface area contributed by atoms with Crippen LogP contribution in [0, 0.1) is 25.7 Å². The van der Waals surface area contributed by atoms with E-state index in [9.17, 15) is 4.79 Å². The zero-order valence-electron chi connectivity index (χ0n) is 11.7. The number of hydrogen-bond donors (Lipinski definition) is 2. The van der Waals surface area contributed by atoms with Crippen molar-refractivity contribution >= 4 is 5.91 Å². The van der Waals surface area contributed by atoms with E-state index in [1.165, 1.54) is 0 Å². The summed E-state index contributed by atoms with van der Waals surface area (Å²) in [4.78, 5) is 12.1. The monoisotopic (exact) mass is 265 g/mol. The van der Waals surface area contributed by atoms with Crippen LogP contribution in [0.4, 0.5) is 0 Å². The SMILES string of the molecule is Cc1noc(C)c1CCNC(=O)[C@@H]1CCC[C@@H]1CN. The Hall–Kier alpha value is -1.36. The van der Waals surface area contributed by atoms with Gasteiger partial charge in [-0.25, -0.2) is 0 Å². The molecule has 0 unspecified atom stereocenters. The largest absolute Gasteiger partial charge is 0.361 e. The molecule has 1 aliphatic rings. The maximum atomic E-state index is 12.1. The molecule has 0 aromatic carbocycles. The Morgan fingerprint density at radius 3 is 2.89 bits per heavy atom. The minimum absolute atomic E-state index is 0.106. The van der Waals surface area contributed by atoms with Crippen LogP contribution in [-0.4, -0.2) is 24.2 Å². The molecule has 1 aliphatic carbocycles. The van der Waals surface area contributed by atoms with Gasteiger partial charge in [-0.3, -0.25) is 4.79 Å². The molecule has 1 aromatic heterocycles. The normalized spacial score (nSPS) is 22.7. The molecule has 1 amide bonds. The van der Waals surface area contributed by atoms with Crippen molar-refractivity contribution < 1.29 is 9.32 Å². The average Bonchev–Trinajstić information content (AvgIpc) is 2.99. The van der Waals surface area contributed by atoms with Gasteiger partial charge in [0, 0.05) is 18.0 Å². The van der Waals surface area contributed by atoms with Gasteiger partial charge in [0.2, 0.25) is 5.91 Å². The number of amides is 1. The first-order valence-corrected chi connectivity index (χ1v) is 7.03. The molecule has 1 aromatic rings. The van der Waals surface area contributed by atoms with Crippen LogP contribution >= 0.6 is 0 Å². The topological polar surface area (TPSA) is 81.2 Å². The lowest BCUT2D eigenvalue weighted by Crippen LogP contribution is -2.36. The van der Waals surface area contributed by atoms with Crippen molar-refractivity contribution in [3.05, 3.63) is 17.0 Å². The van der Waals surface area contributed by atoms with Crippen molar-refractivity contribution in [3.63, 3.8) is 0 Å². The maximum absolute atomic E-state index is 12.1. The van der Waals surface area contributed by atoms with E-state index in [1.807, 2.05) is 13.8 Å². The Bertz CT molecular complexity index is 422. The molecule has 5 heteroatoms. The van der Waals surface area contributed by atoms with Crippen LogP contribution in [0.25, 0.3) is 0 Å². The van der Waals surface area contributed by atoms with Gasteiger partial charge in [-0.1, -0.05) is 11.6 Å². The first-order chi connectivity index (χ1) is 9.13. The van der Waals surface area contributed by atoms with Crippen LogP contribution in [0.2, 0.25) is 0 Å². The third kappa shape index (κ3) is 3.15. The standard InChI is InChI=1S/C14H23N3O2/c1-9-12(10(2)19-17-9)6-7-16-14(18)13-5-3-4-11(13)8-15/h11,13H,3-8,15H2,1-2H3,(H,16,18)/t11-,13-/m1/s1. The summed E-state index contributed by atoms with van der Waals surface area (Å²) in [6.45, 7) is 5.07. The lowest BCUT2D eigenvalue weighted by Gasteiger charge is -2.17. The number of hydrogen-bond acceptors (Lipinski definition) is 4. The molecule has 0 radical (unpaired) electrons. The van der Waals surface area contributed by atoms with Gasteiger partial charge in [0.1, 0.15) is 5.76 Å². The Morgan fingerprint density at radius 2 is 2.26 bits per heavy atom. The second kappa shape index (κ2) is 6.19. The quantitative estimate of drug-likeness (QED) is 0.841. The van der Waals surface area contributed by atoms with Gasteiger partial charge in [0.25, 0.3) is 0 Å². The van der Waals surface area contributed by atoms with E-state index < -0.39 is 0 Å². The Balaban J connectivity index is 1.81. The number of carbonyl (C=O) groups is 1. The summed E-state index contributed by atoms with van der Waals surface area (Å²) >= 11 is 0. The van der Waals surface area contributed by atoms with Crippen LogP contribution in [0.15, 0.2) is 4.52 Å². The maximum Gasteiger partial charge on any atom is 0.223 e. The Labute approximate surface area is 113 Å². The molecular formula is C14H23N3O2. The van der Waals surface area contributed by atoms with Gasteiger partial charge >= 0.3 is 0 Å². The molecule has 3 N–H and O–H groups in total. The summed E-state index contributed by atoms with van der Waals surface area (Å²) in [7, 11) is 0. The molecule has 106 valence electrons. The number of carbonyl (C=O) groups excluding carboxylic acids is 1. The summed E-state index contributed by atoms with van der Waals surface area (Å²) in [5, 5.41) is 6.93. The second-order valence-corrected chi connectivity index (χ2v) is 5.38. The molecule has 2 rings (SSSR count). The number of nitrogens with one attached hydrogen (secondary N) is 1. The van der Waals surface area contributed by atoms with Crippen molar-refractivity contribution in [1.82, 2.24) is 10.5 Å². The smallest absolute Gasteiger partial charge is 0.223 e. The Morgan fingerprint density at radius 1 is 1.47 bits per heavy atom. The highest BCUT2D eigenvalue weighted by Crippen LogP contribution is 2.30. The number of aromatic nitrogens is 1. The first-order valence-electron chi connectivity index (χ1n) is 7.03. The lowest BCUT2D eigenvalue weighted by atomic mass is 9.95. The summed E-state index contributed by atoms with van der Waals surface area (Å²) in [5.41, 5.74) is 7.72. The predicted octanol–water partition coefficient (Wildman–Crippen LogP) is 1.33. The van der Waals surface area contributed by atoms with E-state index in [0.29, 0.717) is 19.0 Å². The molecule has 1 saturated carbocycles. The Kier molecular flexibility index (Phi) is 4.58. The molecule has 0 bridgehead atoms. The van der Waals surface area contributed by atoms with E-state index in [2.05, 4.69) is 10.5 Å². The first kappa shape index (κ1) is 14.1. The van der Waals surface area contributed by atoms with Gasteiger partial charge in [-0.15, -0.1) is 0 Å². The molecule has 0 saturated heterocycles. The molecule has 5 nitrogen and oxygen atoms in total. The molecule has 1 heterocycles. The van der Waals surface area contributed by atoms with Gasteiger partial charge in [0.05, 0.1) is 5.69 Å². The molecule has 1 fully saturated rings. The molecule has 2 atom stereocenters. The van der Waals surface area contributed by atoms with Crippen molar-refractivity contribution in [3.8, 4) is 0 Å². The number of nitrogens with zero attached hydrogens (tertiary/aromatic N) is 1. The van der Waals surface area contributed by atoms with Crippen LogP contribution in [0.5, 0.6) is 0 Å². The molecule has 0 aliphatic heterocycles. The van der Waals surface area contributed by atoms with E-state index in [0.717, 1.165) is 42.7 Å². The van der Waals surface area contributed by atoms with Crippen molar-refractivity contribution in [2.24, 2.45) is 17.6 Å². The van der Waals surface area contributed by atoms with Crippen LogP contribution < -0.4 is 11.1 Å². The van der Waals surface area contributed by atoms with E-state index in [1.54, 1.807) is 0 Å². The van der Waals surface area contributed by atoms with Gasteiger partial charge in [0.15, 0.2) is 0 Å². The van der Waals surface area contributed by atoms with E-state index in [-0.39, 0.29) is 11.8 Å². The summed E-state index contributed by atoms with van der Waals surface area (Å²) in [6, 6.07) is 0. The van der Waals surface area contributed by atoms with Crippen LogP contribution in [0.1, 0.15) is 36.3 Å². The van der Waals surface area contributed by atoms with Crippen molar-refractivity contribution in [2.45, 2.75) is 39.5 Å². The highest BCUT2D eigenvalue weighted by Gasteiger charge is 2.31. The van der Waals surface area contributed by atoms with Gasteiger partial charge < -0.3 is 15.6 Å². The van der Waals surface area contributed by atoms with Gasteiger partial charge in [-0.05, 0) is 45.6 Å². The highest BCUT2D eigenvalue weighted by molar-refractivity contribution is 5.79. The fourth-order valence-electron chi connectivity index (χ4n) is 2.96. The van der Waals surface area contributed by atoms with Crippen molar-refractivity contribution in [1.29, 1.82) is 0 Å². The van der Waals surface area contributed by atoms with Gasteiger partial charge in [-0.2, -0.15) is 0 Å². The van der Waals surface area contributed by atoms with Crippen molar-refractivity contribution in [2.75, 3.05) is 13.1 Å². The third-order valence-corrected chi connectivity index (χ3v) is 4.15. The zero-order chi connectivity index (χ0) is 13.8. The van der Waals surface area contributed by atoms with E-state index >= 15 is 0 Å². The minimum atomic E-state index is 0.106. The summed E-state index contributed by atoms with van der Waals surface area (Å²) in [5.74, 6) is 1.46. The fraction of sp³-hybridized carbons (Fsp3) is 0.714. The number of nitrogens with two attached hydrogens (primary N) is 1. The highest BCUT2D eigenvalue weighted by atomic mass is 16.5. The molecule has 19 heavy (non-hydrogen) atoms. The fourth-order valence-corrected chi connectivity index (χ4v) is 2.96. The minimum Gasteiger partial charge on any atom is -0.361 e. The predicted molar refractivity (Wildman–Crippen MR) is 72.6 cm³/mol. The zero-order valence-corrected chi connectivity index (χ0v) is 11.7. The number of rotatable bonds is 5. The lowest BCUT2D eigenvalue weighted by molar-refractivity contribution is -0.125.